The van der Waals surface area contributed by atoms with E-state index in [1.54, 1.807) is 43.4 Å². The Labute approximate surface area is 247 Å². The molecule has 1 aromatic heterocycles. The van der Waals surface area contributed by atoms with Crippen LogP contribution in [0.5, 0.6) is 0 Å². The first kappa shape index (κ1) is 29.5. The van der Waals surface area contributed by atoms with Crippen LogP contribution in [-0.2, 0) is 14.6 Å². The van der Waals surface area contributed by atoms with Gasteiger partial charge in [0.1, 0.15) is 11.9 Å². The minimum Gasteiger partial charge on any atom is -0.358 e. The number of nitrogens with one attached hydrogen (secondary N) is 2. The zero-order valence-corrected chi connectivity index (χ0v) is 25.7. The fourth-order valence-electron chi connectivity index (χ4n) is 6.30. The smallest absolute Gasteiger partial charge is 0.245 e. The van der Waals surface area contributed by atoms with Crippen molar-refractivity contribution in [1.29, 1.82) is 0 Å². The third-order valence-corrected chi connectivity index (χ3v) is 11.0. The number of benzene rings is 2. The van der Waals surface area contributed by atoms with Crippen molar-refractivity contribution in [3.8, 4) is 0 Å². The summed E-state index contributed by atoms with van der Waals surface area (Å²) in [6.45, 7) is 4.82. The van der Waals surface area contributed by atoms with Gasteiger partial charge in [-0.1, -0.05) is 29.8 Å². The van der Waals surface area contributed by atoms with Gasteiger partial charge < -0.3 is 20.4 Å². The molecular weight excluding hydrogens is 560 g/mol. The number of sulfone groups is 1. The molecule has 1 amide bonds. The van der Waals surface area contributed by atoms with Crippen LogP contribution in [0.3, 0.4) is 0 Å². The van der Waals surface area contributed by atoms with Gasteiger partial charge in [0.2, 0.25) is 11.9 Å². The van der Waals surface area contributed by atoms with Crippen molar-refractivity contribution >= 4 is 50.0 Å². The molecule has 2 aromatic carbocycles. The Morgan fingerprint density at radius 1 is 1.10 bits per heavy atom. The van der Waals surface area contributed by atoms with E-state index in [2.05, 4.69) is 46.4 Å². The summed E-state index contributed by atoms with van der Waals surface area (Å²) < 4.78 is 27.4. The van der Waals surface area contributed by atoms with Gasteiger partial charge >= 0.3 is 0 Å². The number of aromatic nitrogens is 2. The molecule has 2 fully saturated rings. The maximum Gasteiger partial charge on any atom is 0.245 e. The van der Waals surface area contributed by atoms with Gasteiger partial charge in [0.15, 0.2) is 9.84 Å². The molecule has 2 aliphatic rings. The average Bonchev–Trinajstić information content (AvgIpc) is 3.33. The Morgan fingerprint density at radius 2 is 1.80 bits per heavy atom. The maximum atomic E-state index is 14.1. The Bertz CT molecular complexity index is 1510. The van der Waals surface area contributed by atoms with Gasteiger partial charge in [-0.2, -0.15) is 4.98 Å². The molecule has 2 heterocycles. The van der Waals surface area contributed by atoms with Gasteiger partial charge in [0.25, 0.3) is 0 Å². The van der Waals surface area contributed by atoms with Crippen molar-refractivity contribution in [2.45, 2.75) is 74.5 Å². The number of carbonyl (C=O) groups is 1. The number of carbonyl (C=O) groups excluding carboxylic acids is 1. The molecule has 2 N–H and O–H groups in total. The lowest BCUT2D eigenvalue weighted by Crippen LogP contribution is -2.58. The lowest BCUT2D eigenvalue weighted by molar-refractivity contribution is -0.134. The highest BCUT2D eigenvalue weighted by Crippen LogP contribution is 2.41. The van der Waals surface area contributed by atoms with Gasteiger partial charge in [-0.05, 0) is 83.3 Å². The summed E-state index contributed by atoms with van der Waals surface area (Å²) in [7, 11) is 0.246. The van der Waals surface area contributed by atoms with E-state index in [9.17, 15) is 13.2 Å². The standard InChI is InChI=1S/C30H39ClN6O3S/c1-20(2)36(4)22-12-15-30(16-13-22,19-41(39,40)23-8-6-5-7-9-23)37-17-14-26(28(37)38)33-27-24-18-21(31)10-11-25(24)34-29(32-3)35-27/h5-11,18,20,22,26H,12-17,19H2,1-4H3,(H2,32,33,34,35)/t22?,26-,30?/m0/s1. The molecule has 3 aromatic rings. The summed E-state index contributed by atoms with van der Waals surface area (Å²) in [4.78, 5) is 27.7. The molecule has 0 spiro atoms. The van der Waals surface area contributed by atoms with Crippen LogP contribution in [0.25, 0.3) is 10.9 Å². The molecule has 1 saturated heterocycles. The fraction of sp³-hybridized carbons (Fsp3) is 0.500. The molecule has 0 unspecified atom stereocenters. The number of halogens is 1. The normalized spacial score (nSPS) is 23.5. The molecule has 1 saturated carbocycles. The summed E-state index contributed by atoms with van der Waals surface area (Å²) in [6, 6.07) is 14.2. The number of likely N-dealkylation sites (tertiary alicyclic amines) is 1. The number of nitrogens with zero attached hydrogens (tertiary/aromatic N) is 4. The molecule has 0 radical (unpaired) electrons. The minimum absolute atomic E-state index is 0.0868. The van der Waals surface area contributed by atoms with E-state index in [0.717, 1.165) is 18.2 Å². The predicted octanol–water partition coefficient (Wildman–Crippen LogP) is 4.83. The summed E-state index contributed by atoms with van der Waals surface area (Å²) >= 11 is 6.28. The van der Waals surface area contributed by atoms with E-state index >= 15 is 0 Å². The second-order valence-corrected chi connectivity index (χ2v) is 14.0. The van der Waals surface area contributed by atoms with E-state index in [0.29, 0.717) is 65.1 Å². The molecule has 11 heteroatoms. The predicted molar refractivity (Wildman–Crippen MR) is 164 cm³/mol. The van der Waals surface area contributed by atoms with Crippen molar-refractivity contribution in [2.24, 2.45) is 0 Å². The minimum atomic E-state index is -3.62. The first-order valence-corrected chi connectivity index (χ1v) is 16.3. The van der Waals surface area contributed by atoms with Crippen molar-refractivity contribution in [3.63, 3.8) is 0 Å². The maximum absolute atomic E-state index is 14.1. The van der Waals surface area contributed by atoms with Crippen LogP contribution in [0.1, 0.15) is 46.0 Å². The van der Waals surface area contributed by atoms with Gasteiger partial charge in [-0.15, -0.1) is 0 Å². The lowest BCUT2D eigenvalue weighted by Gasteiger charge is -2.48. The first-order chi connectivity index (χ1) is 19.5. The van der Waals surface area contributed by atoms with Gasteiger partial charge in [-0.25, -0.2) is 13.4 Å². The van der Waals surface area contributed by atoms with Crippen LogP contribution in [-0.4, -0.2) is 84.2 Å². The molecule has 5 rings (SSSR count). The molecule has 1 atom stereocenters. The SMILES string of the molecule is CNc1nc(N[C@H]2CCN(C3(CS(=O)(=O)c4ccccc4)CCC(N(C)C(C)C)CC3)C2=O)c2cc(Cl)ccc2n1. The summed E-state index contributed by atoms with van der Waals surface area (Å²) in [5.41, 5.74) is -0.0690. The number of amides is 1. The highest BCUT2D eigenvalue weighted by Gasteiger charge is 2.50. The van der Waals surface area contributed by atoms with E-state index in [-0.39, 0.29) is 11.7 Å². The zero-order valence-electron chi connectivity index (χ0n) is 24.1. The molecule has 0 bridgehead atoms. The summed E-state index contributed by atoms with van der Waals surface area (Å²) in [5.74, 6) is 0.776. The monoisotopic (exact) mass is 598 g/mol. The Kier molecular flexibility index (Phi) is 8.46. The van der Waals surface area contributed by atoms with Crippen molar-refractivity contribution in [3.05, 3.63) is 53.6 Å². The van der Waals surface area contributed by atoms with Gasteiger partial charge in [-0.3, -0.25) is 4.79 Å². The largest absolute Gasteiger partial charge is 0.358 e. The Balaban J connectivity index is 1.44. The van der Waals surface area contributed by atoms with Crippen molar-refractivity contribution < 1.29 is 13.2 Å². The van der Waals surface area contributed by atoms with Crippen LogP contribution in [0.4, 0.5) is 11.8 Å². The van der Waals surface area contributed by atoms with Crippen LogP contribution < -0.4 is 10.6 Å². The van der Waals surface area contributed by atoms with Crippen LogP contribution in [0.2, 0.25) is 5.02 Å². The quantitative estimate of drug-likeness (QED) is 0.361. The summed E-state index contributed by atoms with van der Waals surface area (Å²) in [6.07, 6.45) is 3.48. The van der Waals surface area contributed by atoms with Crippen molar-refractivity contribution in [2.75, 3.05) is 37.0 Å². The first-order valence-electron chi connectivity index (χ1n) is 14.3. The van der Waals surface area contributed by atoms with Crippen LogP contribution in [0, 0.1) is 0 Å². The second kappa shape index (κ2) is 11.7. The Hall–Kier alpha value is -2.95. The van der Waals surface area contributed by atoms with Crippen LogP contribution >= 0.6 is 11.6 Å². The van der Waals surface area contributed by atoms with E-state index in [1.807, 2.05) is 17.0 Å². The van der Waals surface area contributed by atoms with E-state index < -0.39 is 21.4 Å². The fourth-order valence-corrected chi connectivity index (χ4v) is 8.36. The highest BCUT2D eigenvalue weighted by molar-refractivity contribution is 7.91. The number of hydrogen-bond donors (Lipinski definition) is 2. The number of rotatable bonds is 9. The van der Waals surface area contributed by atoms with Gasteiger partial charge in [0.05, 0.1) is 21.7 Å². The van der Waals surface area contributed by atoms with Crippen LogP contribution in [0.15, 0.2) is 53.4 Å². The third kappa shape index (κ3) is 6.01. The van der Waals surface area contributed by atoms with Gasteiger partial charge in [0, 0.05) is 36.1 Å². The second-order valence-electron chi connectivity index (χ2n) is 11.6. The molecule has 1 aliphatic carbocycles. The third-order valence-electron chi connectivity index (χ3n) is 8.81. The number of anilines is 2. The molecule has 220 valence electrons. The van der Waals surface area contributed by atoms with E-state index in [1.165, 1.54) is 0 Å². The number of hydrogen-bond acceptors (Lipinski definition) is 8. The molecule has 1 aliphatic heterocycles. The lowest BCUT2D eigenvalue weighted by atomic mass is 9.78. The number of fused-ring (bicyclic) bond motifs is 1. The van der Waals surface area contributed by atoms with Crippen molar-refractivity contribution in [1.82, 2.24) is 19.8 Å². The Morgan fingerprint density at radius 3 is 2.46 bits per heavy atom. The average molecular weight is 599 g/mol. The zero-order chi connectivity index (χ0) is 29.4. The topological polar surface area (TPSA) is 108 Å². The molecule has 9 nitrogen and oxygen atoms in total. The molecular formula is C30H39ClN6O3S. The van der Waals surface area contributed by atoms with E-state index in [4.69, 9.17) is 11.6 Å². The highest BCUT2D eigenvalue weighted by atomic mass is 35.5. The summed E-state index contributed by atoms with van der Waals surface area (Å²) in [5, 5.41) is 7.61. The molecule has 41 heavy (non-hydrogen) atoms.